The summed E-state index contributed by atoms with van der Waals surface area (Å²) in [6, 6.07) is 7.35. The number of rotatable bonds is 1. The van der Waals surface area contributed by atoms with Crippen LogP contribution in [0.4, 0.5) is 0 Å². The van der Waals surface area contributed by atoms with Crippen LogP contribution in [0.3, 0.4) is 0 Å². The second kappa shape index (κ2) is 2.84. The molecule has 0 aliphatic rings. The zero-order valence-electron chi connectivity index (χ0n) is 5.26. The molecule has 0 unspecified atom stereocenters. The molecular weight excluding hydrogens is 192 g/mol. The molecule has 0 saturated carbocycles. The third-order valence-electron chi connectivity index (χ3n) is 1.14. The Labute approximate surface area is 67.7 Å². The van der Waals surface area contributed by atoms with Crippen LogP contribution >= 0.6 is 15.9 Å². The van der Waals surface area contributed by atoms with Crippen molar-refractivity contribution in [1.82, 2.24) is 0 Å². The summed E-state index contributed by atoms with van der Waals surface area (Å²) in [5.41, 5.74) is 5.99. The van der Waals surface area contributed by atoms with E-state index in [-0.39, 0.29) is 5.84 Å². The van der Waals surface area contributed by atoms with Crippen molar-refractivity contribution in [3.8, 4) is 0 Å². The summed E-state index contributed by atoms with van der Waals surface area (Å²) in [6.07, 6.45) is 0. The molecule has 0 spiro atoms. The lowest BCUT2D eigenvalue weighted by atomic mass is 10.2. The molecule has 0 radical (unpaired) electrons. The molecule has 1 rings (SSSR count). The van der Waals surface area contributed by atoms with Crippen LogP contribution in [-0.2, 0) is 0 Å². The molecule has 0 saturated heterocycles. The van der Waals surface area contributed by atoms with Gasteiger partial charge in [-0.15, -0.1) is 0 Å². The summed E-state index contributed by atoms with van der Waals surface area (Å²) < 4.78 is 0.945. The number of halogens is 1. The third kappa shape index (κ3) is 1.57. The minimum Gasteiger partial charge on any atom is -0.384 e. The molecule has 0 bridgehead atoms. The SMILES string of the molecule is N=C(N)c1cccc(Br)c1. The fraction of sp³-hybridized carbons (Fsp3) is 0. The molecule has 3 heteroatoms. The fourth-order valence-corrected chi connectivity index (χ4v) is 1.06. The van der Waals surface area contributed by atoms with Gasteiger partial charge in [0.25, 0.3) is 0 Å². The smallest absolute Gasteiger partial charge is 0.122 e. The Bertz CT molecular complexity index is 258. The highest BCUT2D eigenvalue weighted by atomic mass is 79.9. The van der Waals surface area contributed by atoms with E-state index in [1.807, 2.05) is 18.2 Å². The average molecular weight is 199 g/mol. The number of benzene rings is 1. The second-order valence-corrected chi connectivity index (χ2v) is 2.84. The van der Waals surface area contributed by atoms with Crippen LogP contribution in [0.15, 0.2) is 28.7 Å². The first-order valence-electron chi connectivity index (χ1n) is 2.80. The first-order chi connectivity index (χ1) is 4.70. The molecule has 10 heavy (non-hydrogen) atoms. The van der Waals surface area contributed by atoms with E-state index in [0.717, 1.165) is 10.0 Å². The Morgan fingerprint density at radius 3 is 2.60 bits per heavy atom. The molecule has 0 atom stereocenters. The van der Waals surface area contributed by atoms with Crippen LogP contribution in [0.2, 0.25) is 0 Å². The Balaban J connectivity index is 3.07. The normalized spacial score (nSPS) is 9.30. The van der Waals surface area contributed by atoms with Crippen molar-refractivity contribution in [3.05, 3.63) is 34.3 Å². The first kappa shape index (κ1) is 7.28. The predicted molar refractivity (Wildman–Crippen MR) is 45.2 cm³/mol. The van der Waals surface area contributed by atoms with Crippen LogP contribution in [0.25, 0.3) is 0 Å². The maximum absolute atomic E-state index is 7.09. The minimum absolute atomic E-state index is 0.0984. The maximum Gasteiger partial charge on any atom is 0.122 e. The maximum atomic E-state index is 7.09. The van der Waals surface area contributed by atoms with Gasteiger partial charge in [-0.1, -0.05) is 28.1 Å². The zero-order valence-corrected chi connectivity index (χ0v) is 6.85. The van der Waals surface area contributed by atoms with E-state index >= 15 is 0 Å². The van der Waals surface area contributed by atoms with E-state index in [9.17, 15) is 0 Å². The number of nitrogens with one attached hydrogen (secondary N) is 1. The van der Waals surface area contributed by atoms with E-state index in [0.29, 0.717) is 0 Å². The summed E-state index contributed by atoms with van der Waals surface area (Å²) >= 11 is 3.28. The van der Waals surface area contributed by atoms with Gasteiger partial charge in [0, 0.05) is 10.0 Å². The van der Waals surface area contributed by atoms with Gasteiger partial charge in [0.05, 0.1) is 0 Å². The minimum atomic E-state index is 0.0984. The molecular formula is C7H7BrN2. The van der Waals surface area contributed by atoms with Gasteiger partial charge in [0.2, 0.25) is 0 Å². The number of hydrogen-bond donors (Lipinski definition) is 2. The van der Waals surface area contributed by atoms with Crippen LogP contribution in [0, 0.1) is 5.41 Å². The third-order valence-corrected chi connectivity index (χ3v) is 1.63. The second-order valence-electron chi connectivity index (χ2n) is 1.92. The molecule has 1 aromatic rings. The highest BCUT2D eigenvalue weighted by Crippen LogP contribution is 2.10. The predicted octanol–water partition coefficient (Wildman–Crippen LogP) is 1.73. The van der Waals surface area contributed by atoms with Gasteiger partial charge < -0.3 is 5.73 Å². The van der Waals surface area contributed by atoms with Crippen molar-refractivity contribution < 1.29 is 0 Å². The van der Waals surface area contributed by atoms with E-state index in [1.165, 1.54) is 0 Å². The Morgan fingerprint density at radius 2 is 2.20 bits per heavy atom. The molecule has 0 heterocycles. The Morgan fingerprint density at radius 1 is 1.50 bits per heavy atom. The average Bonchev–Trinajstić information content (AvgIpc) is 1.88. The van der Waals surface area contributed by atoms with Crippen molar-refractivity contribution in [2.75, 3.05) is 0 Å². The van der Waals surface area contributed by atoms with E-state index < -0.39 is 0 Å². The molecule has 0 amide bonds. The van der Waals surface area contributed by atoms with E-state index in [1.54, 1.807) is 6.07 Å². The van der Waals surface area contributed by atoms with Crippen molar-refractivity contribution >= 4 is 21.8 Å². The molecule has 0 aliphatic heterocycles. The standard InChI is InChI=1S/C7H7BrN2/c8-6-3-1-2-5(4-6)7(9)10/h1-4H,(H3,9,10). The molecule has 0 fully saturated rings. The van der Waals surface area contributed by atoms with Gasteiger partial charge in [-0.2, -0.15) is 0 Å². The first-order valence-corrected chi connectivity index (χ1v) is 3.59. The quantitative estimate of drug-likeness (QED) is 0.525. The number of nitrogen functional groups attached to an aromatic ring is 1. The topological polar surface area (TPSA) is 49.9 Å². The number of amidine groups is 1. The molecule has 52 valence electrons. The lowest BCUT2D eigenvalue weighted by Gasteiger charge is -1.96. The molecule has 1 aromatic carbocycles. The van der Waals surface area contributed by atoms with Crippen LogP contribution in [0.1, 0.15) is 5.56 Å². The highest BCUT2D eigenvalue weighted by Gasteiger charge is 1.94. The summed E-state index contributed by atoms with van der Waals surface area (Å²) in [6.45, 7) is 0. The van der Waals surface area contributed by atoms with Crippen molar-refractivity contribution in [2.45, 2.75) is 0 Å². The lowest BCUT2D eigenvalue weighted by Crippen LogP contribution is -2.10. The van der Waals surface area contributed by atoms with Crippen molar-refractivity contribution in [1.29, 1.82) is 5.41 Å². The molecule has 0 aliphatic carbocycles. The van der Waals surface area contributed by atoms with Crippen LogP contribution in [-0.4, -0.2) is 5.84 Å². The highest BCUT2D eigenvalue weighted by molar-refractivity contribution is 9.10. The monoisotopic (exact) mass is 198 g/mol. The van der Waals surface area contributed by atoms with Crippen LogP contribution in [0.5, 0.6) is 0 Å². The van der Waals surface area contributed by atoms with Gasteiger partial charge in [-0.3, -0.25) is 5.41 Å². The van der Waals surface area contributed by atoms with E-state index in [4.69, 9.17) is 11.1 Å². The van der Waals surface area contributed by atoms with Crippen molar-refractivity contribution in [3.63, 3.8) is 0 Å². The fourth-order valence-electron chi connectivity index (χ4n) is 0.656. The van der Waals surface area contributed by atoms with Crippen LogP contribution < -0.4 is 5.73 Å². The van der Waals surface area contributed by atoms with Gasteiger partial charge in [-0.25, -0.2) is 0 Å². The summed E-state index contributed by atoms with van der Waals surface area (Å²) in [5, 5.41) is 7.09. The van der Waals surface area contributed by atoms with Gasteiger partial charge >= 0.3 is 0 Å². The summed E-state index contributed by atoms with van der Waals surface area (Å²) in [4.78, 5) is 0. The van der Waals surface area contributed by atoms with Gasteiger partial charge in [-0.05, 0) is 12.1 Å². The molecule has 3 N–H and O–H groups in total. The molecule has 0 aromatic heterocycles. The Hall–Kier alpha value is -0.830. The van der Waals surface area contributed by atoms with Gasteiger partial charge in [0.15, 0.2) is 0 Å². The lowest BCUT2D eigenvalue weighted by molar-refractivity contribution is 1.42. The van der Waals surface area contributed by atoms with Gasteiger partial charge in [0.1, 0.15) is 5.84 Å². The number of nitrogens with two attached hydrogens (primary N) is 1. The zero-order chi connectivity index (χ0) is 7.56. The van der Waals surface area contributed by atoms with Crippen molar-refractivity contribution in [2.24, 2.45) is 5.73 Å². The summed E-state index contributed by atoms with van der Waals surface area (Å²) in [7, 11) is 0. The number of hydrogen-bond acceptors (Lipinski definition) is 1. The largest absolute Gasteiger partial charge is 0.384 e. The summed E-state index contributed by atoms with van der Waals surface area (Å²) in [5.74, 6) is 0.0984. The van der Waals surface area contributed by atoms with E-state index in [2.05, 4.69) is 15.9 Å². The molecule has 2 nitrogen and oxygen atoms in total. The Kier molecular flexibility index (Phi) is 2.06.